The van der Waals surface area contributed by atoms with Crippen molar-refractivity contribution in [2.24, 2.45) is 0 Å². The van der Waals surface area contributed by atoms with E-state index in [4.69, 9.17) is 18.9 Å². The van der Waals surface area contributed by atoms with Crippen LogP contribution in [0.3, 0.4) is 0 Å². The maximum atomic E-state index is 11.5. The van der Waals surface area contributed by atoms with Gasteiger partial charge in [0.15, 0.2) is 18.3 Å². The summed E-state index contributed by atoms with van der Waals surface area (Å²) in [7, 11) is 0. The van der Waals surface area contributed by atoms with Crippen molar-refractivity contribution in [1.29, 1.82) is 0 Å². The zero-order valence-corrected chi connectivity index (χ0v) is 14.9. The first kappa shape index (κ1) is 19.2. The SMILES string of the molecule is CC(=O)O[C@@H]1[C@@H](OC(C)=O)[C@H](Sc2ccccn2)OC[C@@H]1OC(C)=O. The summed E-state index contributed by atoms with van der Waals surface area (Å²) in [6.07, 6.45) is -1.17. The van der Waals surface area contributed by atoms with Gasteiger partial charge in [-0.2, -0.15) is 0 Å². The van der Waals surface area contributed by atoms with E-state index in [0.717, 1.165) is 0 Å². The van der Waals surface area contributed by atoms with E-state index in [2.05, 4.69) is 4.98 Å². The van der Waals surface area contributed by atoms with Crippen LogP contribution in [0.5, 0.6) is 0 Å². The molecule has 8 nitrogen and oxygen atoms in total. The van der Waals surface area contributed by atoms with E-state index < -0.39 is 41.7 Å². The molecule has 0 N–H and O–H groups in total. The maximum absolute atomic E-state index is 11.5. The Balaban J connectivity index is 2.25. The fraction of sp³-hybridized carbons (Fsp3) is 0.500. The quantitative estimate of drug-likeness (QED) is 0.562. The van der Waals surface area contributed by atoms with Gasteiger partial charge in [0.2, 0.25) is 0 Å². The predicted molar refractivity (Wildman–Crippen MR) is 86.5 cm³/mol. The Morgan fingerprint density at radius 1 is 1.04 bits per heavy atom. The summed E-state index contributed by atoms with van der Waals surface area (Å²) in [5.74, 6) is -1.70. The molecular formula is C16H19NO7S. The lowest BCUT2D eigenvalue weighted by Gasteiger charge is -2.40. The predicted octanol–water partition coefficient (Wildman–Crippen LogP) is 1.33. The number of esters is 3. The fourth-order valence-corrected chi connectivity index (χ4v) is 3.35. The van der Waals surface area contributed by atoms with Gasteiger partial charge in [-0.15, -0.1) is 0 Å². The largest absolute Gasteiger partial charge is 0.456 e. The van der Waals surface area contributed by atoms with Crippen LogP contribution >= 0.6 is 11.8 Å². The van der Waals surface area contributed by atoms with Gasteiger partial charge in [-0.1, -0.05) is 17.8 Å². The van der Waals surface area contributed by atoms with E-state index in [1.165, 1.54) is 32.5 Å². The van der Waals surface area contributed by atoms with Crippen LogP contribution in [0.2, 0.25) is 0 Å². The number of nitrogens with zero attached hydrogens (tertiary/aromatic N) is 1. The van der Waals surface area contributed by atoms with E-state index in [1.54, 1.807) is 18.3 Å². The van der Waals surface area contributed by atoms with Crippen molar-refractivity contribution in [3.05, 3.63) is 24.4 Å². The Kier molecular flexibility index (Phi) is 6.77. The number of carbonyl (C=O) groups excluding carboxylic acids is 3. The number of hydrogen-bond donors (Lipinski definition) is 0. The van der Waals surface area contributed by atoms with Crippen LogP contribution in [0, 0.1) is 0 Å². The second-order valence-electron chi connectivity index (χ2n) is 5.28. The first-order valence-corrected chi connectivity index (χ1v) is 8.45. The lowest BCUT2D eigenvalue weighted by Crippen LogP contribution is -2.56. The smallest absolute Gasteiger partial charge is 0.303 e. The molecule has 136 valence electrons. The molecule has 0 amide bonds. The minimum Gasteiger partial charge on any atom is -0.456 e. The third kappa shape index (κ3) is 5.71. The molecule has 1 aliphatic rings. The van der Waals surface area contributed by atoms with Gasteiger partial charge in [0.25, 0.3) is 0 Å². The molecule has 0 aromatic carbocycles. The molecule has 4 atom stereocenters. The van der Waals surface area contributed by atoms with Crippen LogP contribution in [0.15, 0.2) is 29.4 Å². The monoisotopic (exact) mass is 369 g/mol. The zero-order valence-electron chi connectivity index (χ0n) is 14.0. The Bertz CT molecular complexity index is 624. The average molecular weight is 369 g/mol. The standard InChI is InChI=1S/C16H19NO7S/c1-9(18)22-12-8-21-16(25-13-6-4-5-7-17-13)15(24-11(3)20)14(12)23-10(2)19/h4-7,12,14-16H,8H2,1-3H3/t12-,14-,15+,16-/m0/s1. The van der Waals surface area contributed by atoms with Gasteiger partial charge >= 0.3 is 17.9 Å². The second-order valence-corrected chi connectivity index (χ2v) is 6.40. The highest BCUT2D eigenvalue weighted by atomic mass is 32.2. The highest BCUT2D eigenvalue weighted by Crippen LogP contribution is 2.33. The number of carbonyl (C=O) groups is 3. The van der Waals surface area contributed by atoms with E-state index in [-0.39, 0.29) is 6.61 Å². The number of hydrogen-bond acceptors (Lipinski definition) is 9. The third-order valence-corrected chi connectivity index (χ3v) is 4.30. The summed E-state index contributed by atoms with van der Waals surface area (Å²) in [5.41, 5.74) is -0.671. The van der Waals surface area contributed by atoms with Gasteiger partial charge in [0.05, 0.1) is 11.6 Å². The summed E-state index contributed by atoms with van der Waals surface area (Å²) in [4.78, 5) is 38.5. The van der Waals surface area contributed by atoms with Crippen LogP contribution in [0.4, 0.5) is 0 Å². The molecule has 0 saturated carbocycles. The summed E-state index contributed by atoms with van der Waals surface area (Å²) < 4.78 is 21.5. The molecule has 0 radical (unpaired) electrons. The molecule has 1 aromatic rings. The Labute approximate surface area is 149 Å². The van der Waals surface area contributed by atoms with Gasteiger partial charge < -0.3 is 18.9 Å². The second kappa shape index (κ2) is 8.82. The first-order chi connectivity index (χ1) is 11.9. The van der Waals surface area contributed by atoms with Crippen molar-refractivity contribution in [1.82, 2.24) is 4.98 Å². The molecule has 0 unspecified atom stereocenters. The summed E-state index contributed by atoms with van der Waals surface area (Å²) in [5, 5.41) is 0.650. The van der Waals surface area contributed by atoms with E-state index in [1.807, 2.05) is 6.07 Å². The van der Waals surface area contributed by atoms with Gasteiger partial charge in [-0.25, -0.2) is 4.98 Å². The van der Waals surface area contributed by atoms with Crippen molar-refractivity contribution in [3.8, 4) is 0 Å². The maximum Gasteiger partial charge on any atom is 0.303 e. The Morgan fingerprint density at radius 3 is 2.24 bits per heavy atom. The van der Waals surface area contributed by atoms with Crippen molar-refractivity contribution < 1.29 is 33.3 Å². The van der Waals surface area contributed by atoms with E-state index in [9.17, 15) is 14.4 Å². The van der Waals surface area contributed by atoms with Crippen molar-refractivity contribution >= 4 is 29.7 Å². The molecule has 1 fully saturated rings. The Hall–Kier alpha value is -2.13. The van der Waals surface area contributed by atoms with Crippen molar-refractivity contribution in [2.45, 2.75) is 49.5 Å². The van der Waals surface area contributed by atoms with Gasteiger partial charge in [-0.05, 0) is 12.1 Å². The molecule has 0 bridgehead atoms. The minimum absolute atomic E-state index is 0.000207. The molecule has 2 heterocycles. The molecule has 9 heteroatoms. The van der Waals surface area contributed by atoms with Gasteiger partial charge in [0, 0.05) is 27.0 Å². The molecule has 1 saturated heterocycles. The molecule has 0 spiro atoms. The van der Waals surface area contributed by atoms with Crippen LogP contribution in [-0.4, -0.2) is 53.2 Å². The topological polar surface area (TPSA) is 101 Å². The van der Waals surface area contributed by atoms with Crippen LogP contribution in [0.1, 0.15) is 20.8 Å². The lowest BCUT2D eigenvalue weighted by molar-refractivity contribution is -0.213. The highest BCUT2D eigenvalue weighted by molar-refractivity contribution is 7.99. The first-order valence-electron chi connectivity index (χ1n) is 7.57. The van der Waals surface area contributed by atoms with Crippen LogP contribution < -0.4 is 0 Å². The van der Waals surface area contributed by atoms with Crippen molar-refractivity contribution in [3.63, 3.8) is 0 Å². The minimum atomic E-state index is -0.972. The van der Waals surface area contributed by atoms with Gasteiger partial charge in [0.1, 0.15) is 5.44 Å². The molecule has 0 aliphatic carbocycles. The highest BCUT2D eigenvalue weighted by Gasteiger charge is 2.47. The number of thioether (sulfide) groups is 1. The summed E-state index contributed by atoms with van der Waals surface area (Å²) >= 11 is 1.22. The molecule has 1 aliphatic heterocycles. The molecular weight excluding hydrogens is 350 g/mol. The number of aromatic nitrogens is 1. The molecule has 1 aromatic heterocycles. The molecule has 2 rings (SSSR count). The van der Waals surface area contributed by atoms with Crippen LogP contribution in [-0.2, 0) is 33.3 Å². The lowest BCUT2D eigenvalue weighted by atomic mass is 10.1. The number of pyridine rings is 1. The average Bonchev–Trinajstić information content (AvgIpc) is 2.52. The van der Waals surface area contributed by atoms with Gasteiger partial charge in [-0.3, -0.25) is 14.4 Å². The van der Waals surface area contributed by atoms with Crippen LogP contribution in [0.25, 0.3) is 0 Å². The van der Waals surface area contributed by atoms with E-state index in [0.29, 0.717) is 5.03 Å². The summed E-state index contributed by atoms with van der Waals surface area (Å²) in [6, 6.07) is 5.36. The summed E-state index contributed by atoms with van der Waals surface area (Å²) in [6.45, 7) is 3.70. The van der Waals surface area contributed by atoms with Crippen molar-refractivity contribution in [2.75, 3.05) is 6.61 Å². The fourth-order valence-electron chi connectivity index (χ4n) is 2.35. The number of rotatable bonds is 5. The normalized spacial score (nSPS) is 25.7. The third-order valence-electron chi connectivity index (χ3n) is 3.18. The zero-order chi connectivity index (χ0) is 18.4. The Morgan fingerprint density at radius 2 is 1.68 bits per heavy atom. The molecule has 25 heavy (non-hydrogen) atoms. The number of ether oxygens (including phenoxy) is 4. The van der Waals surface area contributed by atoms with E-state index >= 15 is 0 Å².